The predicted molar refractivity (Wildman–Crippen MR) is 64.6 cm³/mol. The number of hydrogen-bond donors (Lipinski definition) is 2. The Labute approximate surface area is 95.5 Å². The van der Waals surface area contributed by atoms with Crippen LogP contribution in [0.5, 0.6) is 0 Å². The van der Waals surface area contributed by atoms with Crippen molar-refractivity contribution in [1.82, 2.24) is 4.90 Å². The van der Waals surface area contributed by atoms with Crippen LogP contribution in [0.1, 0.15) is 15.9 Å². The van der Waals surface area contributed by atoms with E-state index < -0.39 is 0 Å². The van der Waals surface area contributed by atoms with Crippen LogP contribution in [-0.2, 0) is 6.42 Å². The molecule has 0 aliphatic rings. The number of hydrogen-bond acceptors (Lipinski definition) is 4. The minimum absolute atomic E-state index is 0.296. The number of carbonyl (C=O) groups is 1. The van der Waals surface area contributed by atoms with Crippen LogP contribution in [-0.4, -0.2) is 24.8 Å². The average molecular weight is 219 g/mol. The molecule has 4 nitrogen and oxygen atoms in total. The van der Waals surface area contributed by atoms with E-state index in [4.69, 9.17) is 11.5 Å². The highest BCUT2D eigenvalue weighted by atomic mass is 16.1. The molecule has 0 aromatic heterocycles. The third-order valence-corrected chi connectivity index (χ3v) is 2.21. The van der Waals surface area contributed by atoms with Crippen molar-refractivity contribution in [2.45, 2.75) is 6.42 Å². The number of nitrogens with zero attached hydrogens (tertiary/aromatic N) is 1. The summed E-state index contributed by atoms with van der Waals surface area (Å²) >= 11 is 0. The van der Waals surface area contributed by atoms with Crippen LogP contribution in [0.15, 0.2) is 36.3 Å². The van der Waals surface area contributed by atoms with Gasteiger partial charge in [0.2, 0.25) is 0 Å². The first-order valence-electron chi connectivity index (χ1n) is 5.09. The fourth-order valence-electron chi connectivity index (χ4n) is 1.45. The zero-order chi connectivity index (χ0) is 12.0. The van der Waals surface area contributed by atoms with Gasteiger partial charge < -0.3 is 16.4 Å². The van der Waals surface area contributed by atoms with Crippen molar-refractivity contribution in [2.75, 3.05) is 13.6 Å². The molecule has 0 aliphatic heterocycles. The van der Waals surface area contributed by atoms with Gasteiger partial charge in [0.05, 0.1) is 0 Å². The van der Waals surface area contributed by atoms with E-state index in [9.17, 15) is 4.79 Å². The molecule has 0 radical (unpaired) electrons. The van der Waals surface area contributed by atoms with E-state index in [1.165, 1.54) is 0 Å². The quantitative estimate of drug-likeness (QED) is 0.715. The zero-order valence-corrected chi connectivity index (χ0v) is 9.39. The predicted octanol–water partition coefficient (Wildman–Crippen LogP) is 0.690. The van der Waals surface area contributed by atoms with Crippen LogP contribution in [0.4, 0.5) is 0 Å². The Kier molecular flexibility index (Phi) is 4.39. The maximum atomic E-state index is 10.6. The SMILES string of the molecule is CN(C=C(N)N)CCc1cccc(C=O)c1. The van der Waals surface area contributed by atoms with Crippen molar-refractivity contribution in [2.24, 2.45) is 11.5 Å². The van der Waals surface area contributed by atoms with Crippen LogP contribution in [0.25, 0.3) is 0 Å². The molecule has 0 fully saturated rings. The van der Waals surface area contributed by atoms with Gasteiger partial charge in [0.15, 0.2) is 0 Å². The molecule has 0 aliphatic carbocycles. The molecule has 0 unspecified atom stereocenters. The molecule has 0 heterocycles. The second-order valence-electron chi connectivity index (χ2n) is 3.72. The van der Waals surface area contributed by atoms with E-state index in [2.05, 4.69) is 0 Å². The minimum Gasteiger partial charge on any atom is -0.384 e. The number of rotatable bonds is 5. The van der Waals surface area contributed by atoms with Gasteiger partial charge in [-0.15, -0.1) is 0 Å². The van der Waals surface area contributed by atoms with Crippen LogP contribution < -0.4 is 11.5 Å². The largest absolute Gasteiger partial charge is 0.384 e. The van der Waals surface area contributed by atoms with Gasteiger partial charge >= 0.3 is 0 Å². The van der Waals surface area contributed by atoms with Gasteiger partial charge in [-0.1, -0.05) is 18.2 Å². The molecule has 1 aromatic carbocycles. The van der Waals surface area contributed by atoms with Crippen LogP contribution in [0.2, 0.25) is 0 Å². The number of nitrogens with two attached hydrogens (primary N) is 2. The standard InChI is InChI=1S/C12H17N3O/c1-15(8-12(13)14)6-5-10-3-2-4-11(7-10)9-16/h2-4,7-9H,5-6,13-14H2,1H3. The number of likely N-dealkylation sites (N-methyl/N-ethyl adjacent to an activating group) is 1. The molecular weight excluding hydrogens is 202 g/mol. The van der Waals surface area contributed by atoms with Gasteiger partial charge in [-0.2, -0.15) is 0 Å². The Hall–Kier alpha value is -1.97. The Morgan fingerprint density at radius 2 is 2.19 bits per heavy atom. The molecule has 0 spiro atoms. The second-order valence-corrected chi connectivity index (χ2v) is 3.72. The van der Waals surface area contributed by atoms with E-state index >= 15 is 0 Å². The van der Waals surface area contributed by atoms with Gasteiger partial charge in [0.1, 0.15) is 12.1 Å². The maximum absolute atomic E-state index is 10.6. The molecule has 4 N–H and O–H groups in total. The highest BCUT2D eigenvalue weighted by Crippen LogP contribution is 2.04. The van der Waals surface area contributed by atoms with Gasteiger partial charge in [0.25, 0.3) is 0 Å². The average Bonchev–Trinajstić information content (AvgIpc) is 2.26. The van der Waals surface area contributed by atoms with Gasteiger partial charge in [-0.25, -0.2) is 0 Å². The summed E-state index contributed by atoms with van der Waals surface area (Å²) in [6, 6.07) is 7.55. The van der Waals surface area contributed by atoms with Crippen LogP contribution in [0, 0.1) is 0 Å². The summed E-state index contributed by atoms with van der Waals surface area (Å²) in [4.78, 5) is 12.5. The monoisotopic (exact) mass is 219 g/mol. The van der Waals surface area contributed by atoms with Crippen molar-refractivity contribution in [1.29, 1.82) is 0 Å². The summed E-state index contributed by atoms with van der Waals surface area (Å²) in [5, 5.41) is 0. The first-order chi connectivity index (χ1) is 7.61. The normalized spacial score (nSPS) is 9.56. The fraction of sp³-hybridized carbons (Fsp3) is 0.250. The zero-order valence-electron chi connectivity index (χ0n) is 9.39. The van der Waals surface area contributed by atoms with E-state index in [1.807, 2.05) is 30.1 Å². The Morgan fingerprint density at radius 1 is 1.44 bits per heavy atom. The molecule has 0 bridgehead atoms. The Bertz CT molecular complexity index is 384. The first kappa shape index (κ1) is 12.1. The molecule has 4 heteroatoms. The maximum Gasteiger partial charge on any atom is 0.150 e. The summed E-state index contributed by atoms with van der Waals surface area (Å²) < 4.78 is 0. The molecule has 0 amide bonds. The van der Waals surface area contributed by atoms with Crippen LogP contribution >= 0.6 is 0 Å². The smallest absolute Gasteiger partial charge is 0.150 e. The minimum atomic E-state index is 0.296. The molecular formula is C12H17N3O. The lowest BCUT2D eigenvalue weighted by atomic mass is 10.1. The highest BCUT2D eigenvalue weighted by Gasteiger charge is 1.97. The van der Waals surface area contributed by atoms with Gasteiger partial charge in [0, 0.05) is 25.4 Å². The van der Waals surface area contributed by atoms with E-state index in [-0.39, 0.29) is 0 Å². The lowest BCUT2D eigenvalue weighted by molar-refractivity contribution is 0.112. The summed E-state index contributed by atoms with van der Waals surface area (Å²) in [6.45, 7) is 0.806. The van der Waals surface area contributed by atoms with Crippen molar-refractivity contribution < 1.29 is 4.79 Å². The summed E-state index contributed by atoms with van der Waals surface area (Å²) in [5.74, 6) is 0.296. The number of carbonyl (C=O) groups excluding carboxylic acids is 1. The highest BCUT2D eigenvalue weighted by molar-refractivity contribution is 5.74. The third-order valence-electron chi connectivity index (χ3n) is 2.21. The van der Waals surface area contributed by atoms with Crippen molar-refractivity contribution in [3.8, 4) is 0 Å². The third kappa shape index (κ3) is 4.04. The summed E-state index contributed by atoms with van der Waals surface area (Å²) in [5.41, 5.74) is 12.5. The van der Waals surface area contributed by atoms with E-state index in [1.54, 1.807) is 12.3 Å². The number of aldehydes is 1. The lowest BCUT2D eigenvalue weighted by Gasteiger charge is -2.14. The number of benzene rings is 1. The topological polar surface area (TPSA) is 72.3 Å². The van der Waals surface area contributed by atoms with Crippen molar-refractivity contribution in [3.05, 3.63) is 47.4 Å². The van der Waals surface area contributed by atoms with E-state index in [0.717, 1.165) is 24.8 Å². The summed E-state index contributed by atoms with van der Waals surface area (Å²) in [6.07, 6.45) is 3.39. The van der Waals surface area contributed by atoms with Crippen molar-refractivity contribution in [3.63, 3.8) is 0 Å². The Balaban J connectivity index is 2.54. The summed E-state index contributed by atoms with van der Waals surface area (Å²) in [7, 11) is 1.91. The molecule has 16 heavy (non-hydrogen) atoms. The molecule has 86 valence electrons. The van der Waals surface area contributed by atoms with E-state index in [0.29, 0.717) is 11.4 Å². The fourth-order valence-corrected chi connectivity index (χ4v) is 1.45. The second kappa shape index (κ2) is 5.80. The van der Waals surface area contributed by atoms with Gasteiger partial charge in [-0.05, 0) is 18.1 Å². The van der Waals surface area contributed by atoms with Gasteiger partial charge in [-0.3, -0.25) is 4.79 Å². The Morgan fingerprint density at radius 3 is 2.81 bits per heavy atom. The molecule has 0 atom stereocenters. The lowest BCUT2D eigenvalue weighted by Crippen LogP contribution is -2.20. The molecule has 0 saturated heterocycles. The first-order valence-corrected chi connectivity index (χ1v) is 5.09. The molecule has 1 rings (SSSR count). The van der Waals surface area contributed by atoms with Crippen LogP contribution in [0.3, 0.4) is 0 Å². The molecule has 0 saturated carbocycles. The van der Waals surface area contributed by atoms with Crippen molar-refractivity contribution >= 4 is 6.29 Å². The molecule has 1 aromatic rings.